The molecule has 0 aliphatic heterocycles. The molecule has 0 radical (unpaired) electrons. The fourth-order valence-corrected chi connectivity index (χ4v) is 4.12. The highest BCUT2D eigenvalue weighted by Crippen LogP contribution is 2.58. The molecule has 3 N–H and O–H groups in total. The van der Waals surface area contributed by atoms with Gasteiger partial charge in [0.2, 0.25) is 10.0 Å². The van der Waals surface area contributed by atoms with E-state index in [1.807, 2.05) is 0 Å². The van der Waals surface area contributed by atoms with Gasteiger partial charge in [-0.25, -0.2) is 13.6 Å². The summed E-state index contributed by atoms with van der Waals surface area (Å²) in [5.74, 6) is 0.835. The molecule has 8 heteroatoms. The van der Waals surface area contributed by atoms with E-state index in [4.69, 9.17) is 14.6 Å². The molecule has 1 aliphatic carbocycles. The van der Waals surface area contributed by atoms with Gasteiger partial charge in [0.15, 0.2) is 0 Å². The van der Waals surface area contributed by atoms with E-state index in [0.717, 1.165) is 5.56 Å². The third kappa shape index (κ3) is 3.70. The topological polar surface area (TPSA) is 108 Å². The van der Waals surface area contributed by atoms with Gasteiger partial charge in [0.05, 0.1) is 24.7 Å². The predicted molar refractivity (Wildman–Crippen MR) is 105 cm³/mol. The molecule has 2 aromatic carbocycles. The van der Waals surface area contributed by atoms with Gasteiger partial charge in [-0.05, 0) is 41.3 Å². The van der Waals surface area contributed by atoms with Crippen LogP contribution in [0.4, 0.5) is 0 Å². The zero-order valence-electron chi connectivity index (χ0n) is 16.2. The molecule has 28 heavy (non-hydrogen) atoms. The highest BCUT2D eigenvalue weighted by atomic mass is 32.2. The largest absolute Gasteiger partial charge is 0.497 e. The summed E-state index contributed by atoms with van der Waals surface area (Å²) in [6, 6.07) is 11.4. The quantitative estimate of drug-likeness (QED) is 0.768. The van der Waals surface area contributed by atoms with Gasteiger partial charge in [-0.3, -0.25) is 4.79 Å². The Balaban J connectivity index is 1.81. The van der Waals surface area contributed by atoms with E-state index >= 15 is 0 Å². The third-order valence-electron chi connectivity index (χ3n) is 5.33. The van der Waals surface area contributed by atoms with Crippen LogP contribution in [0.1, 0.15) is 35.7 Å². The summed E-state index contributed by atoms with van der Waals surface area (Å²) < 4.78 is 33.4. The van der Waals surface area contributed by atoms with Crippen LogP contribution in [0, 0.1) is 5.41 Å². The number of methoxy groups -OCH3 is 2. The first-order valence-corrected chi connectivity index (χ1v) is 10.3. The van der Waals surface area contributed by atoms with E-state index in [-0.39, 0.29) is 28.2 Å². The van der Waals surface area contributed by atoms with Crippen LogP contribution < -0.4 is 19.9 Å². The Morgan fingerprint density at radius 1 is 1.07 bits per heavy atom. The summed E-state index contributed by atoms with van der Waals surface area (Å²) in [5, 5.41) is 8.22. The average Bonchev–Trinajstić information content (AvgIpc) is 3.20. The number of carbonyl (C=O) groups excluding carboxylic acids is 1. The Morgan fingerprint density at radius 2 is 1.71 bits per heavy atom. The van der Waals surface area contributed by atoms with E-state index in [0.29, 0.717) is 17.1 Å². The van der Waals surface area contributed by atoms with Crippen LogP contribution in [0.5, 0.6) is 11.5 Å². The number of nitrogens with two attached hydrogens (primary N) is 1. The van der Waals surface area contributed by atoms with Crippen LogP contribution in [-0.4, -0.2) is 34.6 Å². The fraction of sp³-hybridized carbons (Fsp3) is 0.350. The van der Waals surface area contributed by atoms with Gasteiger partial charge in [-0.1, -0.05) is 26.0 Å². The van der Waals surface area contributed by atoms with Gasteiger partial charge in [0.25, 0.3) is 5.91 Å². The van der Waals surface area contributed by atoms with Crippen molar-refractivity contribution in [1.29, 1.82) is 0 Å². The highest BCUT2D eigenvalue weighted by Gasteiger charge is 2.59. The van der Waals surface area contributed by atoms with Crippen molar-refractivity contribution >= 4 is 15.9 Å². The van der Waals surface area contributed by atoms with Gasteiger partial charge >= 0.3 is 0 Å². The molecule has 2 aromatic rings. The Hall–Kier alpha value is -2.58. The van der Waals surface area contributed by atoms with Crippen LogP contribution in [0.15, 0.2) is 47.4 Å². The lowest BCUT2D eigenvalue weighted by Crippen LogP contribution is -2.29. The summed E-state index contributed by atoms with van der Waals surface area (Å²) in [6.07, 6.45) is 0. The molecule has 1 saturated carbocycles. The molecule has 3 rings (SSSR count). The standard InChI is InChI=1S/C20H24N2O5S/c1-20(2)17(12-5-8-14(9-6-12)28(21,24)25)18(20)22-19(23)15-11-13(26-3)7-10-16(15)27-4/h5-11,17-18H,1-4H3,(H,22,23)(H2,21,24,25)/t17-,18-/m1/s1. The number of hydrogen-bond donors (Lipinski definition) is 2. The molecule has 0 saturated heterocycles. The number of rotatable bonds is 6. The van der Waals surface area contributed by atoms with Crippen molar-refractivity contribution in [2.45, 2.75) is 30.7 Å². The normalized spacial score (nSPS) is 20.3. The van der Waals surface area contributed by atoms with Gasteiger partial charge < -0.3 is 14.8 Å². The lowest BCUT2D eigenvalue weighted by atomic mass is 10.0. The molecule has 150 valence electrons. The molecule has 2 atom stereocenters. The first kappa shape index (κ1) is 20.2. The van der Waals surface area contributed by atoms with Gasteiger partial charge in [0, 0.05) is 12.0 Å². The summed E-state index contributed by atoms with van der Waals surface area (Å²) in [7, 11) is -0.686. The zero-order valence-corrected chi connectivity index (χ0v) is 17.0. The number of nitrogens with one attached hydrogen (secondary N) is 1. The van der Waals surface area contributed by atoms with Crippen LogP contribution in [0.25, 0.3) is 0 Å². The maximum absolute atomic E-state index is 12.9. The number of carbonyl (C=O) groups is 1. The van der Waals surface area contributed by atoms with Gasteiger partial charge in [-0.2, -0.15) is 0 Å². The zero-order chi connectivity index (χ0) is 20.7. The monoisotopic (exact) mass is 404 g/mol. The van der Waals surface area contributed by atoms with E-state index in [9.17, 15) is 13.2 Å². The van der Waals surface area contributed by atoms with Crippen LogP contribution in [-0.2, 0) is 10.0 Å². The van der Waals surface area contributed by atoms with Gasteiger partial charge in [-0.15, -0.1) is 0 Å². The second-order valence-electron chi connectivity index (χ2n) is 7.43. The number of hydrogen-bond acceptors (Lipinski definition) is 5. The van der Waals surface area contributed by atoms with Crippen LogP contribution in [0.2, 0.25) is 0 Å². The summed E-state index contributed by atoms with van der Waals surface area (Å²) in [5.41, 5.74) is 1.17. The SMILES string of the molecule is COc1ccc(OC)c(C(=O)N[C@@H]2[C@@H](c3ccc(S(N)(=O)=O)cc3)C2(C)C)c1. The van der Waals surface area contributed by atoms with Crippen molar-refractivity contribution in [3.05, 3.63) is 53.6 Å². The molecule has 0 aromatic heterocycles. The molecule has 1 amide bonds. The van der Waals surface area contributed by atoms with E-state index in [1.165, 1.54) is 26.4 Å². The Labute approximate surface area is 164 Å². The van der Waals surface area contributed by atoms with Gasteiger partial charge in [0.1, 0.15) is 11.5 Å². The van der Waals surface area contributed by atoms with Crippen molar-refractivity contribution < 1.29 is 22.7 Å². The minimum Gasteiger partial charge on any atom is -0.497 e. The van der Waals surface area contributed by atoms with Crippen molar-refractivity contribution in [1.82, 2.24) is 5.32 Å². The molecular weight excluding hydrogens is 380 g/mol. The molecular formula is C20H24N2O5S. The Bertz CT molecular complexity index is 1000. The fourth-order valence-electron chi connectivity index (χ4n) is 3.60. The van der Waals surface area contributed by atoms with E-state index < -0.39 is 10.0 Å². The first-order valence-electron chi connectivity index (χ1n) is 8.75. The molecule has 1 aliphatic rings. The van der Waals surface area contributed by atoms with Crippen LogP contribution in [0.3, 0.4) is 0 Å². The summed E-state index contributed by atoms with van der Waals surface area (Å²) >= 11 is 0. The maximum atomic E-state index is 12.9. The number of primary sulfonamides is 1. The highest BCUT2D eigenvalue weighted by molar-refractivity contribution is 7.89. The van der Waals surface area contributed by atoms with Crippen molar-refractivity contribution in [3.8, 4) is 11.5 Å². The van der Waals surface area contributed by atoms with Crippen LogP contribution >= 0.6 is 0 Å². The number of amides is 1. The minimum absolute atomic E-state index is 0.0579. The van der Waals surface area contributed by atoms with Crippen molar-refractivity contribution in [3.63, 3.8) is 0 Å². The maximum Gasteiger partial charge on any atom is 0.255 e. The molecule has 0 spiro atoms. The van der Waals surface area contributed by atoms with E-state index in [2.05, 4.69) is 19.2 Å². The summed E-state index contributed by atoms with van der Waals surface area (Å²) in [4.78, 5) is 12.9. The Kier molecular flexibility index (Phi) is 5.12. The second-order valence-corrected chi connectivity index (χ2v) is 8.99. The lowest BCUT2D eigenvalue weighted by Gasteiger charge is -2.11. The third-order valence-corrected chi connectivity index (χ3v) is 6.26. The Morgan fingerprint density at radius 3 is 2.25 bits per heavy atom. The molecule has 0 unspecified atom stereocenters. The smallest absolute Gasteiger partial charge is 0.255 e. The van der Waals surface area contributed by atoms with Crippen molar-refractivity contribution in [2.24, 2.45) is 10.6 Å². The molecule has 0 heterocycles. The molecule has 1 fully saturated rings. The lowest BCUT2D eigenvalue weighted by molar-refractivity contribution is 0.0942. The average molecular weight is 404 g/mol. The number of benzene rings is 2. The second kappa shape index (κ2) is 7.10. The van der Waals surface area contributed by atoms with E-state index in [1.54, 1.807) is 30.3 Å². The molecule has 7 nitrogen and oxygen atoms in total. The van der Waals surface area contributed by atoms with Crippen molar-refractivity contribution in [2.75, 3.05) is 14.2 Å². The molecule has 0 bridgehead atoms. The summed E-state index contributed by atoms with van der Waals surface area (Å²) in [6.45, 7) is 4.11. The number of sulfonamides is 1. The predicted octanol–water partition coefficient (Wildman–Crippen LogP) is 2.27. The first-order chi connectivity index (χ1) is 13.1. The minimum atomic E-state index is -3.73. The number of ether oxygens (including phenoxy) is 2.